The predicted octanol–water partition coefficient (Wildman–Crippen LogP) is 8.66. The number of hydrogen-bond acceptors (Lipinski definition) is 5. The summed E-state index contributed by atoms with van der Waals surface area (Å²) in [6.07, 6.45) is 18.0. The molecule has 0 unspecified atom stereocenters. The van der Waals surface area contributed by atoms with Gasteiger partial charge in [0.1, 0.15) is 0 Å². The van der Waals surface area contributed by atoms with E-state index in [0.717, 1.165) is 88.8 Å². The predicted molar refractivity (Wildman–Crippen MR) is 187 cm³/mol. The van der Waals surface area contributed by atoms with Crippen LogP contribution in [0.1, 0.15) is 136 Å². The molecule has 5 heteroatoms. The van der Waals surface area contributed by atoms with Crippen LogP contribution in [0.3, 0.4) is 0 Å². The van der Waals surface area contributed by atoms with Crippen LogP contribution < -0.4 is 0 Å². The highest BCUT2D eigenvalue weighted by Crippen LogP contribution is 2.43. The summed E-state index contributed by atoms with van der Waals surface area (Å²) in [6.45, 7) is 14.5. The van der Waals surface area contributed by atoms with Crippen LogP contribution in [-0.4, -0.2) is 39.4 Å². The molecule has 3 heterocycles. The molecule has 4 aliphatic rings. The third-order valence-corrected chi connectivity index (χ3v) is 10.5. The van der Waals surface area contributed by atoms with E-state index in [1.54, 1.807) is 22.3 Å². The van der Waals surface area contributed by atoms with E-state index in [9.17, 15) is 0 Å². The molecule has 5 nitrogen and oxygen atoms in total. The van der Waals surface area contributed by atoms with E-state index < -0.39 is 0 Å². The van der Waals surface area contributed by atoms with Crippen LogP contribution in [0.25, 0.3) is 22.8 Å². The lowest BCUT2D eigenvalue weighted by Crippen LogP contribution is -2.22. The van der Waals surface area contributed by atoms with E-state index in [1.807, 2.05) is 0 Å². The molecule has 7 rings (SSSR count). The van der Waals surface area contributed by atoms with E-state index >= 15 is 0 Å². The van der Waals surface area contributed by atoms with Crippen molar-refractivity contribution in [1.29, 1.82) is 0 Å². The minimum atomic E-state index is -0.0946. The van der Waals surface area contributed by atoms with Crippen molar-refractivity contribution < 1.29 is 9.47 Å². The lowest BCUT2D eigenvalue weighted by molar-refractivity contribution is -0.00423. The second-order valence-corrected chi connectivity index (χ2v) is 16.2. The zero-order valence-corrected chi connectivity index (χ0v) is 29.5. The zero-order valence-electron chi connectivity index (χ0n) is 29.5. The van der Waals surface area contributed by atoms with E-state index in [1.165, 1.54) is 83.6 Å². The number of rotatable bonds is 8. The number of aromatic nitrogens is 3. The summed E-state index contributed by atoms with van der Waals surface area (Å²) in [5, 5.41) is 0. The van der Waals surface area contributed by atoms with Crippen molar-refractivity contribution in [3.05, 3.63) is 62.0 Å². The number of fused-ring (bicyclic) bond motifs is 8. The molecule has 246 valence electrons. The van der Waals surface area contributed by atoms with Crippen molar-refractivity contribution in [2.45, 2.75) is 155 Å². The number of aryl methyl sites for hydroxylation is 4. The molecular formula is C41H55N3O2. The Balaban J connectivity index is 1.27. The van der Waals surface area contributed by atoms with Gasteiger partial charge in [-0.25, -0.2) is 4.98 Å². The Bertz CT molecular complexity index is 1510. The first-order chi connectivity index (χ1) is 22.1. The first-order valence-corrected chi connectivity index (χ1v) is 18.4. The molecule has 3 aromatic rings. The fraction of sp³-hybridized carbons (Fsp3) is 0.634. The van der Waals surface area contributed by atoms with Gasteiger partial charge in [-0.1, -0.05) is 6.07 Å². The zero-order chi connectivity index (χ0) is 32.1. The van der Waals surface area contributed by atoms with Crippen LogP contribution in [0.4, 0.5) is 0 Å². The minimum absolute atomic E-state index is 0.0946. The first-order valence-electron chi connectivity index (χ1n) is 18.4. The van der Waals surface area contributed by atoms with Crippen molar-refractivity contribution in [2.75, 3.05) is 13.2 Å². The summed E-state index contributed by atoms with van der Waals surface area (Å²) in [5.41, 5.74) is 19.0. The Kier molecular flexibility index (Phi) is 8.86. The van der Waals surface area contributed by atoms with Crippen molar-refractivity contribution in [3.8, 4) is 22.8 Å². The maximum atomic E-state index is 6.14. The quantitative estimate of drug-likeness (QED) is 0.236. The highest BCUT2D eigenvalue weighted by molar-refractivity contribution is 5.76. The molecule has 0 radical (unpaired) electrons. The van der Waals surface area contributed by atoms with E-state index in [4.69, 9.17) is 24.4 Å². The molecule has 0 amide bonds. The molecule has 0 N–H and O–H groups in total. The summed E-state index contributed by atoms with van der Waals surface area (Å²) in [4.78, 5) is 16.5. The minimum Gasteiger partial charge on any atom is -0.376 e. The fourth-order valence-electron chi connectivity index (χ4n) is 8.43. The molecule has 0 fully saturated rings. The summed E-state index contributed by atoms with van der Waals surface area (Å²) in [6, 6.07) is 2.49. The van der Waals surface area contributed by atoms with Crippen molar-refractivity contribution >= 4 is 0 Å². The van der Waals surface area contributed by atoms with Crippen LogP contribution >= 0.6 is 0 Å². The van der Waals surface area contributed by atoms with Crippen LogP contribution in [-0.2, 0) is 73.7 Å². The maximum absolute atomic E-state index is 6.14. The van der Waals surface area contributed by atoms with Crippen molar-refractivity contribution in [1.82, 2.24) is 15.0 Å². The Hall–Kier alpha value is -2.63. The summed E-state index contributed by atoms with van der Waals surface area (Å²) in [7, 11) is 0. The number of ether oxygens (including phenoxy) is 2. The Morgan fingerprint density at radius 3 is 1.37 bits per heavy atom. The first kappa shape index (κ1) is 31.9. The molecule has 3 aromatic heterocycles. The van der Waals surface area contributed by atoms with Gasteiger partial charge < -0.3 is 9.47 Å². The molecule has 4 aliphatic carbocycles. The standard InChI is InChI=1S/C41H55N3O2/c1-40(2,3)45-23-11-15-28-30-13-7-9-17-34(30)42-38-32(28)21-19-26-25-27-20-22-33-29(16-12-24-46-41(4,5)6)31-14-8-10-18-35(31)43-39(33)37(27)44-36(26)38/h25H,7-24H2,1-6H3. The van der Waals surface area contributed by atoms with Crippen LogP contribution in [0, 0.1) is 0 Å². The molecule has 0 atom stereocenters. The molecule has 0 spiro atoms. The van der Waals surface area contributed by atoms with Gasteiger partial charge >= 0.3 is 0 Å². The van der Waals surface area contributed by atoms with Gasteiger partial charge in [-0.2, -0.15) is 0 Å². The van der Waals surface area contributed by atoms with Gasteiger partial charge in [0.25, 0.3) is 0 Å². The number of pyridine rings is 3. The average molecular weight is 622 g/mol. The highest BCUT2D eigenvalue weighted by atomic mass is 16.5. The SMILES string of the molecule is CC(C)(C)OCCCc1c2c(nc3c1CCc1cc4c(nc1-3)-c1nc3c(c(CCCOC(C)(C)C)c1CC4)CCCC3)CCCC2. The Labute approximate surface area is 277 Å². The van der Waals surface area contributed by atoms with Gasteiger partial charge in [0, 0.05) is 24.6 Å². The Morgan fingerprint density at radius 2 is 0.935 bits per heavy atom. The lowest BCUT2D eigenvalue weighted by Gasteiger charge is -2.30. The summed E-state index contributed by atoms with van der Waals surface area (Å²) >= 11 is 0. The average Bonchev–Trinajstić information content (AvgIpc) is 3.02. The van der Waals surface area contributed by atoms with Gasteiger partial charge in [0.2, 0.25) is 0 Å². The van der Waals surface area contributed by atoms with E-state index in [-0.39, 0.29) is 11.2 Å². The molecule has 0 aromatic carbocycles. The normalized spacial score (nSPS) is 17.0. The Morgan fingerprint density at radius 1 is 0.500 bits per heavy atom. The topological polar surface area (TPSA) is 57.1 Å². The van der Waals surface area contributed by atoms with Gasteiger partial charge in [-0.3, -0.25) is 9.97 Å². The third-order valence-electron chi connectivity index (χ3n) is 10.5. The molecule has 0 saturated heterocycles. The van der Waals surface area contributed by atoms with Crippen LogP contribution in [0.15, 0.2) is 6.07 Å². The molecule has 46 heavy (non-hydrogen) atoms. The number of hydrogen-bond donors (Lipinski definition) is 0. The van der Waals surface area contributed by atoms with Crippen LogP contribution in [0.2, 0.25) is 0 Å². The second kappa shape index (κ2) is 12.8. The molecule has 0 bridgehead atoms. The second-order valence-electron chi connectivity index (χ2n) is 16.2. The molecule has 0 saturated carbocycles. The molecular weight excluding hydrogens is 566 g/mol. The fourth-order valence-corrected chi connectivity index (χ4v) is 8.43. The maximum Gasteiger partial charge on any atom is 0.0929 e. The smallest absolute Gasteiger partial charge is 0.0929 e. The van der Waals surface area contributed by atoms with E-state index in [2.05, 4.69) is 47.6 Å². The van der Waals surface area contributed by atoms with Crippen molar-refractivity contribution in [2.24, 2.45) is 0 Å². The summed E-state index contributed by atoms with van der Waals surface area (Å²) in [5.74, 6) is 0. The van der Waals surface area contributed by atoms with Crippen molar-refractivity contribution in [3.63, 3.8) is 0 Å². The van der Waals surface area contributed by atoms with Crippen LogP contribution in [0.5, 0.6) is 0 Å². The largest absolute Gasteiger partial charge is 0.376 e. The van der Waals surface area contributed by atoms with Gasteiger partial charge in [-0.15, -0.1) is 0 Å². The third kappa shape index (κ3) is 6.56. The summed E-state index contributed by atoms with van der Waals surface area (Å²) < 4.78 is 12.3. The van der Waals surface area contributed by atoms with Gasteiger partial charge in [-0.05, 0) is 189 Å². The van der Waals surface area contributed by atoms with Gasteiger partial charge in [0.05, 0.1) is 34.0 Å². The van der Waals surface area contributed by atoms with E-state index in [0.29, 0.717) is 0 Å². The number of nitrogens with zero attached hydrogens (tertiary/aromatic N) is 3. The highest BCUT2D eigenvalue weighted by Gasteiger charge is 2.32. The van der Waals surface area contributed by atoms with Gasteiger partial charge in [0.15, 0.2) is 0 Å². The molecule has 0 aliphatic heterocycles. The monoisotopic (exact) mass is 621 g/mol. The lowest BCUT2D eigenvalue weighted by atomic mass is 9.79.